The molecule has 0 aliphatic rings. The number of benzene rings is 1. The molecule has 158 valence electrons. The minimum Gasteiger partial charge on any atom is -0.497 e. The monoisotopic (exact) mass is 411 g/mol. The fraction of sp³-hybridized carbons (Fsp3) is 0.333. The summed E-state index contributed by atoms with van der Waals surface area (Å²) in [5.74, 6) is 1.53. The van der Waals surface area contributed by atoms with Crippen LogP contribution in [0.5, 0.6) is 11.5 Å². The summed E-state index contributed by atoms with van der Waals surface area (Å²) in [7, 11) is 1.58. The maximum Gasteiger partial charge on any atom is 0.266 e. The molecule has 9 nitrogen and oxygen atoms in total. The Balaban J connectivity index is 1.57. The second-order valence-corrected chi connectivity index (χ2v) is 6.82. The number of ether oxygens (including phenoxy) is 2. The summed E-state index contributed by atoms with van der Waals surface area (Å²) >= 11 is 0. The van der Waals surface area contributed by atoms with E-state index in [1.807, 2.05) is 19.9 Å². The highest BCUT2D eigenvalue weighted by Gasteiger charge is 2.14. The molecule has 0 radical (unpaired) electrons. The Kier molecular flexibility index (Phi) is 6.51. The molecule has 9 heteroatoms. The van der Waals surface area contributed by atoms with Gasteiger partial charge in [-0.05, 0) is 57.2 Å². The van der Waals surface area contributed by atoms with Gasteiger partial charge in [0.15, 0.2) is 11.9 Å². The van der Waals surface area contributed by atoms with E-state index in [1.54, 1.807) is 49.0 Å². The molecular formula is C21H25N5O4. The van der Waals surface area contributed by atoms with E-state index in [2.05, 4.69) is 15.5 Å². The lowest BCUT2D eigenvalue weighted by atomic mass is 10.3. The SMILES string of the molecule is COc1ccc(OC(C)C(=O)NCCn2nc(-n3nc(C)cc3C)ccc2=O)cc1. The Morgan fingerprint density at radius 3 is 2.43 bits per heavy atom. The molecule has 0 spiro atoms. The lowest BCUT2D eigenvalue weighted by molar-refractivity contribution is -0.127. The molecule has 2 heterocycles. The van der Waals surface area contributed by atoms with Crippen molar-refractivity contribution in [3.05, 3.63) is 64.2 Å². The number of amides is 1. The average Bonchev–Trinajstić information content (AvgIpc) is 3.07. The minimum atomic E-state index is -0.691. The molecule has 0 bridgehead atoms. The number of hydrogen-bond acceptors (Lipinski definition) is 6. The second kappa shape index (κ2) is 9.25. The standard InChI is InChI=1S/C21H25N5O4/c1-14-13-15(2)26(23-14)19-9-10-20(27)25(24-19)12-11-22-21(28)16(3)30-18-7-5-17(29-4)6-8-18/h5-10,13,16H,11-12H2,1-4H3,(H,22,28). The molecule has 1 aromatic carbocycles. The van der Waals surface area contributed by atoms with Gasteiger partial charge >= 0.3 is 0 Å². The molecule has 0 saturated carbocycles. The van der Waals surface area contributed by atoms with Crippen molar-refractivity contribution in [2.45, 2.75) is 33.4 Å². The van der Waals surface area contributed by atoms with Crippen molar-refractivity contribution in [2.75, 3.05) is 13.7 Å². The smallest absolute Gasteiger partial charge is 0.266 e. The Bertz CT molecular complexity index is 1070. The first-order valence-corrected chi connectivity index (χ1v) is 9.57. The van der Waals surface area contributed by atoms with Crippen molar-refractivity contribution in [1.29, 1.82) is 0 Å². The average molecular weight is 411 g/mol. The van der Waals surface area contributed by atoms with Crippen LogP contribution in [0.15, 0.2) is 47.3 Å². The van der Waals surface area contributed by atoms with Gasteiger partial charge in [-0.2, -0.15) is 5.10 Å². The maximum absolute atomic E-state index is 12.3. The first-order valence-electron chi connectivity index (χ1n) is 9.57. The van der Waals surface area contributed by atoms with Crippen molar-refractivity contribution in [1.82, 2.24) is 24.9 Å². The molecule has 1 amide bonds. The number of methoxy groups -OCH3 is 1. The molecular weight excluding hydrogens is 386 g/mol. The third-order valence-corrected chi connectivity index (χ3v) is 4.44. The van der Waals surface area contributed by atoms with Crippen molar-refractivity contribution >= 4 is 5.91 Å². The zero-order valence-electron chi connectivity index (χ0n) is 17.5. The van der Waals surface area contributed by atoms with E-state index in [4.69, 9.17) is 9.47 Å². The van der Waals surface area contributed by atoms with Gasteiger partial charge < -0.3 is 14.8 Å². The van der Waals surface area contributed by atoms with Gasteiger partial charge in [0.1, 0.15) is 11.5 Å². The fourth-order valence-electron chi connectivity index (χ4n) is 2.91. The molecule has 0 aliphatic heterocycles. The molecule has 1 N–H and O–H groups in total. The molecule has 3 aromatic rings. The van der Waals surface area contributed by atoms with Gasteiger partial charge in [-0.15, -0.1) is 5.10 Å². The van der Waals surface area contributed by atoms with Crippen LogP contribution in [0.3, 0.4) is 0 Å². The lowest BCUT2D eigenvalue weighted by Gasteiger charge is -2.15. The largest absolute Gasteiger partial charge is 0.497 e. The van der Waals surface area contributed by atoms with Crippen molar-refractivity contribution < 1.29 is 14.3 Å². The summed E-state index contributed by atoms with van der Waals surface area (Å²) < 4.78 is 13.7. The topological polar surface area (TPSA) is 100 Å². The number of carbonyl (C=O) groups is 1. The number of hydrogen-bond donors (Lipinski definition) is 1. The van der Waals surface area contributed by atoms with E-state index in [9.17, 15) is 9.59 Å². The number of nitrogens with zero attached hydrogens (tertiary/aromatic N) is 4. The summed E-state index contributed by atoms with van der Waals surface area (Å²) in [6.45, 7) is 5.94. The van der Waals surface area contributed by atoms with Gasteiger partial charge in [0.25, 0.3) is 11.5 Å². The number of aromatic nitrogens is 4. The van der Waals surface area contributed by atoms with E-state index >= 15 is 0 Å². The fourth-order valence-corrected chi connectivity index (χ4v) is 2.91. The van der Waals surface area contributed by atoms with Crippen LogP contribution in [-0.4, -0.2) is 45.2 Å². The number of nitrogens with one attached hydrogen (secondary N) is 1. The molecule has 1 unspecified atom stereocenters. The maximum atomic E-state index is 12.3. The predicted molar refractivity (Wildman–Crippen MR) is 111 cm³/mol. The minimum absolute atomic E-state index is 0.229. The van der Waals surface area contributed by atoms with Gasteiger partial charge in [-0.3, -0.25) is 9.59 Å². The third kappa shape index (κ3) is 5.05. The summed E-state index contributed by atoms with van der Waals surface area (Å²) in [6.07, 6.45) is -0.691. The van der Waals surface area contributed by atoms with Crippen LogP contribution in [0, 0.1) is 13.8 Å². The van der Waals surface area contributed by atoms with Crippen LogP contribution in [0.4, 0.5) is 0 Å². The molecule has 2 aromatic heterocycles. The molecule has 3 rings (SSSR count). The lowest BCUT2D eigenvalue weighted by Crippen LogP contribution is -2.39. The Labute approximate surface area is 174 Å². The van der Waals surface area contributed by atoms with Crippen LogP contribution >= 0.6 is 0 Å². The molecule has 0 saturated heterocycles. The van der Waals surface area contributed by atoms with E-state index in [0.717, 1.165) is 11.4 Å². The van der Waals surface area contributed by atoms with Gasteiger partial charge in [0, 0.05) is 18.3 Å². The summed E-state index contributed by atoms with van der Waals surface area (Å²) in [5, 5.41) is 11.5. The highest BCUT2D eigenvalue weighted by atomic mass is 16.5. The quantitative estimate of drug-likeness (QED) is 0.605. The van der Waals surface area contributed by atoms with E-state index in [1.165, 1.54) is 10.7 Å². The first-order chi connectivity index (χ1) is 14.4. The zero-order chi connectivity index (χ0) is 21.7. The predicted octanol–water partition coefficient (Wildman–Crippen LogP) is 1.64. The van der Waals surface area contributed by atoms with Crippen LogP contribution < -0.4 is 20.3 Å². The Morgan fingerprint density at radius 1 is 1.10 bits per heavy atom. The van der Waals surface area contributed by atoms with E-state index in [0.29, 0.717) is 17.3 Å². The molecule has 1 atom stereocenters. The van der Waals surface area contributed by atoms with Crippen molar-refractivity contribution in [3.63, 3.8) is 0 Å². The van der Waals surface area contributed by atoms with Crippen molar-refractivity contribution in [3.8, 4) is 17.3 Å². The normalized spacial score (nSPS) is 11.7. The van der Waals surface area contributed by atoms with Crippen LogP contribution in [0.2, 0.25) is 0 Å². The number of carbonyl (C=O) groups excluding carboxylic acids is 1. The summed E-state index contributed by atoms with van der Waals surface area (Å²) in [6, 6.07) is 12.0. The molecule has 0 aliphatic carbocycles. The van der Waals surface area contributed by atoms with Gasteiger partial charge in [-0.1, -0.05) is 0 Å². The Morgan fingerprint density at radius 2 is 1.80 bits per heavy atom. The van der Waals surface area contributed by atoms with Crippen LogP contribution in [-0.2, 0) is 11.3 Å². The molecule has 30 heavy (non-hydrogen) atoms. The Hall–Kier alpha value is -3.62. The first kappa shape index (κ1) is 21.1. The highest BCUT2D eigenvalue weighted by Crippen LogP contribution is 2.18. The van der Waals surface area contributed by atoms with Gasteiger partial charge in [0.2, 0.25) is 0 Å². The highest BCUT2D eigenvalue weighted by molar-refractivity contribution is 5.80. The molecule has 0 fully saturated rings. The van der Waals surface area contributed by atoms with Gasteiger partial charge in [-0.25, -0.2) is 9.36 Å². The van der Waals surface area contributed by atoms with Crippen LogP contribution in [0.1, 0.15) is 18.3 Å². The van der Waals surface area contributed by atoms with Crippen molar-refractivity contribution in [2.24, 2.45) is 0 Å². The number of rotatable bonds is 8. The van der Waals surface area contributed by atoms with Crippen LogP contribution in [0.25, 0.3) is 5.82 Å². The van der Waals surface area contributed by atoms with E-state index < -0.39 is 6.10 Å². The number of aryl methyl sites for hydroxylation is 2. The summed E-state index contributed by atoms with van der Waals surface area (Å²) in [5.41, 5.74) is 1.53. The van der Waals surface area contributed by atoms with Gasteiger partial charge in [0.05, 0.1) is 19.3 Å². The zero-order valence-corrected chi connectivity index (χ0v) is 17.5. The third-order valence-electron chi connectivity index (χ3n) is 4.44. The van der Waals surface area contributed by atoms with E-state index in [-0.39, 0.29) is 24.6 Å². The summed E-state index contributed by atoms with van der Waals surface area (Å²) in [4.78, 5) is 24.4. The second-order valence-electron chi connectivity index (χ2n) is 6.82.